The molecule has 0 radical (unpaired) electrons. The van der Waals surface area contributed by atoms with Gasteiger partial charge in [0.05, 0.1) is 14.2 Å². The topological polar surface area (TPSA) is 105 Å². The first-order valence-corrected chi connectivity index (χ1v) is 5.27. The molecule has 0 aromatic carbocycles. The molecule has 1 aliphatic heterocycles. The van der Waals surface area contributed by atoms with Crippen LogP contribution < -0.4 is 0 Å². The van der Waals surface area contributed by atoms with E-state index >= 15 is 0 Å². The first-order valence-electron chi connectivity index (χ1n) is 5.27. The number of esters is 4. The summed E-state index contributed by atoms with van der Waals surface area (Å²) < 4.78 is 17.7. The second kappa shape index (κ2) is 7.34. The molecule has 1 fully saturated rings. The zero-order chi connectivity index (χ0) is 15.1. The normalized spacial score (nSPS) is 16.2. The maximum absolute atomic E-state index is 10.6. The molecule has 108 valence electrons. The Morgan fingerprint density at radius 1 is 1.05 bits per heavy atom. The van der Waals surface area contributed by atoms with Gasteiger partial charge in [-0.2, -0.15) is 0 Å². The fraction of sp³-hybridized carbons (Fsp3) is 0.636. The number of cyclic esters (lactones) is 2. The highest BCUT2D eigenvalue weighted by Gasteiger charge is 2.34. The van der Waals surface area contributed by atoms with Gasteiger partial charge in [0.15, 0.2) is 0 Å². The zero-order valence-corrected chi connectivity index (χ0v) is 11.2. The van der Waals surface area contributed by atoms with Crippen molar-refractivity contribution in [3.8, 4) is 0 Å². The molecule has 0 N–H and O–H groups in total. The molecular weight excluding hydrogens is 260 g/mol. The minimum Gasteiger partial charge on any atom is -0.469 e. The lowest BCUT2D eigenvalue weighted by Gasteiger charge is -2.28. The Labute approximate surface area is 109 Å². The average molecular weight is 276 g/mol. The molecule has 0 aromatic rings. The molecule has 0 aliphatic carbocycles. The zero-order valence-electron chi connectivity index (χ0n) is 11.2. The van der Waals surface area contributed by atoms with E-state index in [1.54, 1.807) is 0 Å². The molecular formula is C11H16O8. The van der Waals surface area contributed by atoms with Gasteiger partial charge in [-0.3, -0.25) is 19.2 Å². The van der Waals surface area contributed by atoms with Crippen LogP contribution in [-0.2, 0) is 38.1 Å². The minimum absolute atomic E-state index is 0.274. The maximum atomic E-state index is 10.6. The van der Waals surface area contributed by atoms with E-state index in [-0.39, 0.29) is 12.8 Å². The van der Waals surface area contributed by atoms with Crippen LogP contribution in [0, 0.1) is 0 Å². The summed E-state index contributed by atoms with van der Waals surface area (Å²) in [5, 5.41) is 0. The summed E-state index contributed by atoms with van der Waals surface area (Å²) in [5.41, 5.74) is 0. The lowest BCUT2D eigenvalue weighted by atomic mass is 10.3. The van der Waals surface area contributed by atoms with Gasteiger partial charge >= 0.3 is 23.9 Å². The van der Waals surface area contributed by atoms with Crippen molar-refractivity contribution in [1.29, 1.82) is 0 Å². The van der Waals surface area contributed by atoms with E-state index in [2.05, 4.69) is 18.9 Å². The van der Waals surface area contributed by atoms with Crippen LogP contribution in [0.5, 0.6) is 0 Å². The molecule has 1 rings (SSSR count). The summed E-state index contributed by atoms with van der Waals surface area (Å²) >= 11 is 0. The molecule has 0 unspecified atom stereocenters. The summed E-state index contributed by atoms with van der Waals surface area (Å²) in [7, 11) is 2.43. The smallest absolute Gasteiger partial charge is 0.320 e. The summed E-state index contributed by atoms with van der Waals surface area (Å²) in [6, 6.07) is 0. The fourth-order valence-electron chi connectivity index (χ4n) is 1.02. The molecule has 1 heterocycles. The van der Waals surface area contributed by atoms with Gasteiger partial charge in [0, 0.05) is 13.8 Å². The van der Waals surface area contributed by atoms with Crippen LogP contribution in [-0.4, -0.2) is 43.9 Å². The lowest BCUT2D eigenvalue weighted by molar-refractivity contribution is -0.231. The van der Waals surface area contributed by atoms with E-state index in [4.69, 9.17) is 0 Å². The number of hydrogen-bond donors (Lipinski definition) is 0. The monoisotopic (exact) mass is 276 g/mol. The van der Waals surface area contributed by atoms with Gasteiger partial charge in [-0.15, -0.1) is 0 Å². The minimum atomic E-state index is -1.08. The lowest BCUT2D eigenvalue weighted by Crippen LogP contribution is -2.39. The Hall–Kier alpha value is -2.12. The summed E-state index contributed by atoms with van der Waals surface area (Å²) in [6.07, 6.45) is -0.587. The predicted octanol–water partition coefficient (Wildman–Crippen LogP) is -0.0649. The fourth-order valence-corrected chi connectivity index (χ4v) is 1.02. The molecule has 1 aliphatic rings. The highest BCUT2D eigenvalue weighted by molar-refractivity contribution is 5.93. The number of hydrogen-bond acceptors (Lipinski definition) is 8. The molecule has 1 saturated heterocycles. The molecule has 0 amide bonds. The first-order chi connectivity index (χ1) is 8.70. The average Bonchev–Trinajstić information content (AvgIpc) is 2.26. The molecule has 0 saturated carbocycles. The van der Waals surface area contributed by atoms with E-state index in [9.17, 15) is 19.2 Å². The summed E-state index contributed by atoms with van der Waals surface area (Å²) in [4.78, 5) is 41.6. The van der Waals surface area contributed by atoms with Gasteiger partial charge in [0.2, 0.25) is 0 Å². The maximum Gasteiger partial charge on any atom is 0.320 e. The Bertz CT molecular complexity index is 339. The molecule has 0 bridgehead atoms. The van der Waals surface area contributed by atoms with E-state index in [0.29, 0.717) is 0 Å². The number of carbonyl (C=O) groups is 4. The van der Waals surface area contributed by atoms with Crippen LogP contribution >= 0.6 is 0 Å². The van der Waals surface area contributed by atoms with E-state index in [0.717, 1.165) is 0 Å². The number of carbonyl (C=O) groups excluding carboxylic acids is 4. The van der Waals surface area contributed by atoms with Crippen LogP contribution in [0.1, 0.15) is 26.7 Å². The molecule has 0 aromatic heterocycles. The molecule has 8 nitrogen and oxygen atoms in total. The van der Waals surface area contributed by atoms with Crippen molar-refractivity contribution < 1.29 is 38.1 Å². The number of methoxy groups -OCH3 is 2. The van der Waals surface area contributed by atoms with Crippen molar-refractivity contribution in [3.63, 3.8) is 0 Å². The van der Waals surface area contributed by atoms with Crippen molar-refractivity contribution in [2.75, 3.05) is 14.2 Å². The van der Waals surface area contributed by atoms with Gasteiger partial charge in [0.1, 0.15) is 12.8 Å². The van der Waals surface area contributed by atoms with Crippen molar-refractivity contribution >= 4 is 23.9 Å². The highest BCUT2D eigenvalue weighted by Crippen LogP contribution is 2.18. The van der Waals surface area contributed by atoms with E-state index < -0.39 is 29.7 Å². The van der Waals surface area contributed by atoms with E-state index in [1.807, 2.05) is 0 Å². The van der Waals surface area contributed by atoms with Crippen LogP contribution in [0.2, 0.25) is 0 Å². The van der Waals surface area contributed by atoms with Gasteiger partial charge < -0.3 is 18.9 Å². The largest absolute Gasteiger partial charge is 0.469 e. The molecule has 0 spiro atoms. The van der Waals surface area contributed by atoms with Crippen LogP contribution in [0.4, 0.5) is 0 Å². The summed E-state index contributed by atoms with van der Waals surface area (Å²) in [6.45, 7) is 3.03. The third-order valence-electron chi connectivity index (χ3n) is 1.75. The third-order valence-corrected chi connectivity index (χ3v) is 1.75. The Morgan fingerprint density at radius 3 is 1.68 bits per heavy atom. The Balaban J connectivity index is 0.000000344. The second-order valence-corrected chi connectivity index (χ2v) is 3.85. The van der Waals surface area contributed by atoms with Crippen molar-refractivity contribution in [2.45, 2.75) is 32.5 Å². The summed E-state index contributed by atoms with van der Waals surface area (Å²) in [5.74, 6) is -3.29. The quantitative estimate of drug-likeness (QED) is 0.392. The standard InChI is InChI=1S/C6H8O4.C5H8O4/c1-6(2)9-4(7)3-5(8)10-6;1-8-4(6)3-5(7)9-2/h3H2,1-2H3;3H2,1-2H3. The van der Waals surface area contributed by atoms with Crippen molar-refractivity contribution in [3.05, 3.63) is 0 Å². The highest BCUT2D eigenvalue weighted by atomic mass is 16.7. The second-order valence-electron chi connectivity index (χ2n) is 3.85. The van der Waals surface area contributed by atoms with Crippen molar-refractivity contribution in [2.24, 2.45) is 0 Å². The van der Waals surface area contributed by atoms with Crippen LogP contribution in [0.25, 0.3) is 0 Å². The van der Waals surface area contributed by atoms with Gasteiger partial charge in [-0.05, 0) is 0 Å². The van der Waals surface area contributed by atoms with Gasteiger partial charge in [-0.1, -0.05) is 0 Å². The SMILES string of the molecule is CC1(C)OC(=O)CC(=O)O1.COC(=O)CC(=O)OC. The molecule has 8 heteroatoms. The molecule has 0 atom stereocenters. The first kappa shape index (κ1) is 16.9. The molecule has 19 heavy (non-hydrogen) atoms. The van der Waals surface area contributed by atoms with E-state index in [1.165, 1.54) is 28.1 Å². The van der Waals surface area contributed by atoms with Crippen LogP contribution in [0.3, 0.4) is 0 Å². The number of rotatable bonds is 2. The Kier molecular flexibility index (Phi) is 6.53. The van der Waals surface area contributed by atoms with Crippen LogP contribution in [0.15, 0.2) is 0 Å². The Morgan fingerprint density at radius 2 is 1.42 bits per heavy atom. The predicted molar refractivity (Wildman–Crippen MR) is 59.5 cm³/mol. The van der Waals surface area contributed by atoms with Crippen molar-refractivity contribution in [1.82, 2.24) is 0 Å². The van der Waals surface area contributed by atoms with Gasteiger partial charge in [-0.25, -0.2) is 0 Å². The third kappa shape index (κ3) is 7.74. The number of ether oxygens (including phenoxy) is 4. The van der Waals surface area contributed by atoms with Gasteiger partial charge in [0.25, 0.3) is 5.79 Å².